The standard InChI is InChI=1S/C15H27N3OS/c1-3-6-13(14(16)20)15(19)18-10-12-7-4-5-8-17(12)9-11(18)2/h11-13H,3-10H2,1-2H3,(H2,16,20). The van der Waals surface area contributed by atoms with E-state index in [1.165, 1.54) is 25.8 Å². The maximum atomic E-state index is 12.8. The molecule has 2 aliphatic rings. The molecule has 0 bridgehead atoms. The van der Waals surface area contributed by atoms with Crippen LogP contribution in [0.1, 0.15) is 46.0 Å². The number of piperazine rings is 1. The van der Waals surface area contributed by atoms with E-state index in [1.54, 1.807) is 0 Å². The average Bonchev–Trinajstić information content (AvgIpc) is 2.43. The van der Waals surface area contributed by atoms with Crippen LogP contribution in [0, 0.1) is 5.92 Å². The first kappa shape index (κ1) is 15.7. The molecule has 2 fully saturated rings. The topological polar surface area (TPSA) is 49.6 Å². The van der Waals surface area contributed by atoms with Crippen LogP contribution in [-0.4, -0.2) is 52.4 Å². The van der Waals surface area contributed by atoms with E-state index in [9.17, 15) is 4.79 Å². The van der Waals surface area contributed by atoms with Crippen LogP contribution in [0.4, 0.5) is 0 Å². The van der Waals surface area contributed by atoms with Gasteiger partial charge in [-0.15, -0.1) is 0 Å². The average molecular weight is 297 g/mol. The van der Waals surface area contributed by atoms with Gasteiger partial charge in [0.2, 0.25) is 5.91 Å². The number of fused-ring (bicyclic) bond motifs is 1. The van der Waals surface area contributed by atoms with Gasteiger partial charge in [0.1, 0.15) is 0 Å². The smallest absolute Gasteiger partial charge is 0.232 e. The molecule has 3 atom stereocenters. The minimum Gasteiger partial charge on any atom is -0.393 e. The number of piperidine rings is 1. The van der Waals surface area contributed by atoms with Gasteiger partial charge in [0, 0.05) is 25.2 Å². The van der Waals surface area contributed by atoms with E-state index in [2.05, 4.69) is 18.7 Å². The second-order valence-electron chi connectivity index (χ2n) is 6.23. The monoisotopic (exact) mass is 297 g/mol. The molecule has 1 amide bonds. The molecular weight excluding hydrogens is 270 g/mol. The molecule has 0 radical (unpaired) electrons. The summed E-state index contributed by atoms with van der Waals surface area (Å²) in [4.78, 5) is 17.7. The molecule has 114 valence electrons. The number of rotatable bonds is 4. The largest absolute Gasteiger partial charge is 0.393 e. The molecule has 3 unspecified atom stereocenters. The molecule has 0 aromatic heterocycles. The first-order valence-electron chi connectivity index (χ1n) is 7.88. The summed E-state index contributed by atoms with van der Waals surface area (Å²) in [6.45, 7) is 7.24. The molecule has 2 aliphatic heterocycles. The van der Waals surface area contributed by atoms with Gasteiger partial charge in [0.25, 0.3) is 0 Å². The highest BCUT2D eigenvalue weighted by Gasteiger charge is 2.37. The van der Waals surface area contributed by atoms with Crippen LogP contribution < -0.4 is 5.73 Å². The van der Waals surface area contributed by atoms with E-state index < -0.39 is 0 Å². The second-order valence-corrected chi connectivity index (χ2v) is 6.70. The Morgan fingerprint density at radius 1 is 1.40 bits per heavy atom. The van der Waals surface area contributed by atoms with Gasteiger partial charge in [0.05, 0.1) is 10.9 Å². The van der Waals surface area contributed by atoms with Gasteiger partial charge in [-0.3, -0.25) is 9.69 Å². The third-order valence-electron chi connectivity index (χ3n) is 4.69. The van der Waals surface area contributed by atoms with Gasteiger partial charge >= 0.3 is 0 Å². The number of carbonyl (C=O) groups excluding carboxylic acids is 1. The molecular formula is C15H27N3OS. The first-order valence-corrected chi connectivity index (χ1v) is 8.29. The fourth-order valence-electron chi connectivity index (χ4n) is 3.54. The van der Waals surface area contributed by atoms with E-state index in [0.29, 0.717) is 11.0 Å². The summed E-state index contributed by atoms with van der Waals surface area (Å²) >= 11 is 5.10. The van der Waals surface area contributed by atoms with Gasteiger partial charge in [-0.05, 0) is 32.7 Å². The third kappa shape index (κ3) is 3.31. The van der Waals surface area contributed by atoms with Crippen molar-refractivity contribution in [3.8, 4) is 0 Å². The number of hydrogen-bond donors (Lipinski definition) is 1. The summed E-state index contributed by atoms with van der Waals surface area (Å²) in [6, 6.07) is 0.808. The SMILES string of the molecule is CCCC(C(=O)N1CC2CCCCN2CC1C)C(N)=S. The number of carbonyl (C=O) groups is 1. The number of amides is 1. The molecule has 4 nitrogen and oxygen atoms in total. The van der Waals surface area contributed by atoms with Crippen molar-refractivity contribution in [2.45, 2.75) is 58.0 Å². The van der Waals surface area contributed by atoms with Crippen molar-refractivity contribution in [1.82, 2.24) is 9.80 Å². The zero-order chi connectivity index (χ0) is 14.7. The lowest BCUT2D eigenvalue weighted by atomic mass is 9.94. The molecule has 2 rings (SSSR count). The molecule has 0 aromatic rings. The number of thiocarbonyl (C=S) groups is 1. The van der Waals surface area contributed by atoms with Crippen LogP contribution in [0.5, 0.6) is 0 Å². The van der Waals surface area contributed by atoms with Crippen LogP contribution in [0.15, 0.2) is 0 Å². The fraction of sp³-hybridized carbons (Fsp3) is 0.867. The van der Waals surface area contributed by atoms with E-state index in [-0.39, 0.29) is 17.9 Å². The Hall–Kier alpha value is -0.680. The quantitative estimate of drug-likeness (QED) is 0.804. The Morgan fingerprint density at radius 2 is 2.15 bits per heavy atom. The minimum absolute atomic E-state index is 0.150. The van der Waals surface area contributed by atoms with Crippen molar-refractivity contribution in [3.05, 3.63) is 0 Å². The second kappa shape index (κ2) is 6.85. The maximum absolute atomic E-state index is 12.8. The summed E-state index contributed by atoms with van der Waals surface area (Å²) in [6.07, 6.45) is 5.49. The summed E-state index contributed by atoms with van der Waals surface area (Å²) < 4.78 is 0. The number of nitrogens with two attached hydrogens (primary N) is 1. The Balaban J connectivity index is 2.06. The maximum Gasteiger partial charge on any atom is 0.232 e. The summed E-state index contributed by atoms with van der Waals surface area (Å²) in [5.74, 6) is -0.121. The van der Waals surface area contributed by atoms with Crippen LogP contribution in [-0.2, 0) is 4.79 Å². The van der Waals surface area contributed by atoms with E-state index in [0.717, 1.165) is 25.9 Å². The van der Waals surface area contributed by atoms with Gasteiger partial charge in [-0.1, -0.05) is 32.0 Å². The lowest BCUT2D eigenvalue weighted by Gasteiger charge is -2.48. The zero-order valence-corrected chi connectivity index (χ0v) is 13.5. The number of nitrogens with zero attached hydrogens (tertiary/aromatic N) is 2. The molecule has 0 spiro atoms. The molecule has 20 heavy (non-hydrogen) atoms. The third-order valence-corrected chi connectivity index (χ3v) is 4.97. The lowest BCUT2D eigenvalue weighted by Crippen LogP contribution is -2.61. The highest BCUT2D eigenvalue weighted by Crippen LogP contribution is 2.25. The van der Waals surface area contributed by atoms with Crippen LogP contribution in [0.2, 0.25) is 0 Å². The Bertz CT molecular complexity index is 374. The van der Waals surface area contributed by atoms with Crippen molar-refractivity contribution in [2.75, 3.05) is 19.6 Å². The summed E-state index contributed by atoms with van der Waals surface area (Å²) in [5, 5.41) is 0. The Labute approximate surface area is 127 Å². The highest BCUT2D eigenvalue weighted by molar-refractivity contribution is 7.80. The normalized spacial score (nSPS) is 28.8. The molecule has 2 N–H and O–H groups in total. The van der Waals surface area contributed by atoms with E-state index in [4.69, 9.17) is 18.0 Å². The predicted octanol–water partition coefficient (Wildman–Crippen LogP) is 1.77. The highest BCUT2D eigenvalue weighted by atomic mass is 32.1. The van der Waals surface area contributed by atoms with Gasteiger partial charge < -0.3 is 10.6 Å². The van der Waals surface area contributed by atoms with E-state index in [1.807, 2.05) is 4.90 Å². The molecule has 0 aromatic carbocycles. The van der Waals surface area contributed by atoms with Crippen LogP contribution in [0.25, 0.3) is 0 Å². The fourth-order valence-corrected chi connectivity index (χ4v) is 3.75. The Kier molecular flexibility index (Phi) is 5.38. The van der Waals surface area contributed by atoms with Crippen molar-refractivity contribution < 1.29 is 4.79 Å². The molecule has 2 heterocycles. The lowest BCUT2D eigenvalue weighted by molar-refractivity contribution is -0.140. The zero-order valence-electron chi connectivity index (χ0n) is 12.7. The van der Waals surface area contributed by atoms with E-state index >= 15 is 0 Å². The molecule has 2 saturated heterocycles. The molecule has 5 heteroatoms. The first-order chi connectivity index (χ1) is 9.54. The molecule has 0 aliphatic carbocycles. The summed E-state index contributed by atoms with van der Waals surface area (Å²) in [7, 11) is 0. The number of hydrogen-bond acceptors (Lipinski definition) is 3. The van der Waals surface area contributed by atoms with Crippen LogP contribution in [0.3, 0.4) is 0 Å². The van der Waals surface area contributed by atoms with Gasteiger partial charge in [-0.25, -0.2) is 0 Å². The van der Waals surface area contributed by atoms with Crippen molar-refractivity contribution in [3.63, 3.8) is 0 Å². The summed E-state index contributed by atoms with van der Waals surface area (Å²) in [5.41, 5.74) is 5.78. The van der Waals surface area contributed by atoms with Crippen molar-refractivity contribution in [2.24, 2.45) is 11.7 Å². The van der Waals surface area contributed by atoms with Crippen molar-refractivity contribution in [1.29, 1.82) is 0 Å². The Morgan fingerprint density at radius 3 is 2.80 bits per heavy atom. The minimum atomic E-state index is -0.271. The van der Waals surface area contributed by atoms with Crippen molar-refractivity contribution >= 4 is 23.1 Å². The van der Waals surface area contributed by atoms with Gasteiger partial charge in [-0.2, -0.15) is 0 Å². The van der Waals surface area contributed by atoms with Crippen LogP contribution >= 0.6 is 12.2 Å². The predicted molar refractivity (Wildman–Crippen MR) is 85.6 cm³/mol. The molecule has 0 saturated carbocycles. The van der Waals surface area contributed by atoms with Gasteiger partial charge in [0.15, 0.2) is 0 Å².